The van der Waals surface area contributed by atoms with Gasteiger partial charge in [-0.25, -0.2) is 4.79 Å². The number of carbonyl (C=O) groups is 1. The number of nitrogens with zero attached hydrogens (tertiary/aromatic N) is 1. The van der Waals surface area contributed by atoms with Crippen LogP contribution in [0.15, 0.2) is 10.7 Å². The second-order valence-corrected chi connectivity index (χ2v) is 4.29. The first kappa shape index (κ1) is 12.0. The summed E-state index contributed by atoms with van der Waals surface area (Å²) < 4.78 is 10.0. The van der Waals surface area contributed by atoms with Gasteiger partial charge in [-0.2, -0.15) is 4.98 Å². The molecule has 0 saturated heterocycles. The Labute approximate surface area is 101 Å². The van der Waals surface area contributed by atoms with Crippen molar-refractivity contribution in [2.75, 3.05) is 11.9 Å². The van der Waals surface area contributed by atoms with E-state index < -0.39 is 5.97 Å². The molecule has 0 radical (unpaired) electrons. The zero-order valence-corrected chi connectivity index (χ0v) is 10.2. The van der Waals surface area contributed by atoms with Gasteiger partial charge in [0, 0.05) is 6.04 Å². The number of esters is 1. The molecule has 0 aromatic carbocycles. The quantitative estimate of drug-likeness (QED) is 0.771. The molecule has 1 aliphatic rings. The maximum Gasteiger partial charge on any atom is 0.360 e. The van der Waals surface area contributed by atoms with Crippen molar-refractivity contribution < 1.29 is 13.9 Å². The van der Waals surface area contributed by atoms with Crippen molar-refractivity contribution in [3.05, 3.63) is 12.0 Å². The first-order valence-corrected chi connectivity index (χ1v) is 6.13. The molecule has 1 aromatic heterocycles. The van der Waals surface area contributed by atoms with Gasteiger partial charge >= 0.3 is 5.97 Å². The van der Waals surface area contributed by atoms with Crippen molar-refractivity contribution in [1.29, 1.82) is 0 Å². The molecule has 1 fully saturated rings. The van der Waals surface area contributed by atoms with Crippen LogP contribution in [0.1, 0.15) is 43.6 Å². The average Bonchev–Trinajstić information content (AvgIpc) is 2.86. The summed E-state index contributed by atoms with van der Waals surface area (Å²) >= 11 is 0. The van der Waals surface area contributed by atoms with Crippen molar-refractivity contribution in [2.45, 2.75) is 39.2 Å². The monoisotopic (exact) mass is 238 g/mol. The number of rotatable bonds is 6. The molecule has 1 aliphatic carbocycles. The molecule has 0 spiro atoms. The molecule has 2 rings (SSSR count). The number of nitrogens with one attached hydrogen (secondary N) is 1. The maximum atomic E-state index is 11.4. The highest BCUT2D eigenvalue weighted by atomic mass is 16.5. The highest BCUT2D eigenvalue weighted by molar-refractivity contribution is 5.87. The van der Waals surface area contributed by atoms with E-state index in [9.17, 15) is 4.79 Å². The molecule has 0 bridgehead atoms. The predicted octanol–water partition coefficient (Wildman–Crippen LogP) is 2.45. The Hall–Kier alpha value is -1.52. The summed E-state index contributed by atoms with van der Waals surface area (Å²) in [4.78, 5) is 15.4. The Morgan fingerprint density at radius 1 is 1.65 bits per heavy atom. The van der Waals surface area contributed by atoms with Crippen molar-refractivity contribution in [2.24, 2.45) is 5.92 Å². The smallest absolute Gasteiger partial charge is 0.360 e. The Kier molecular flexibility index (Phi) is 3.66. The molecule has 2 unspecified atom stereocenters. The molecule has 2 atom stereocenters. The third-order valence-corrected chi connectivity index (χ3v) is 2.88. The minimum Gasteiger partial charge on any atom is -0.461 e. The van der Waals surface area contributed by atoms with Gasteiger partial charge in [-0.1, -0.05) is 13.3 Å². The third kappa shape index (κ3) is 2.99. The van der Waals surface area contributed by atoms with E-state index in [1.54, 1.807) is 6.92 Å². The maximum absolute atomic E-state index is 11.4. The fraction of sp³-hybridized carbons (Fsp3) is 0.667. The Morgan fingerprint density at radius 3 is 3.18 bits per heavy atom. The van der Waals surface area contributed by atoms with Crippen LogP contribution in [0.5, 0.6) is 0 Å². The normalized spacial score (nSPS) is 22.2. The predicted molar refractivity (Wildman–Crippen MR) is 62.9 cm³/mol. The zero-order valence-electron chi connectivity index (χ0n) is 10.2. The van der Waals surface area contributed by atoms with Gasteiger partial charge in [-0.15, -0.1) is 0 Å². The SMILES string of the molecule is CCCC1CC1Nc1nc(C(=O)OCC)co1. The number of anilines is 1. The molecule has 1 N–H and O–H groups in total. The summed E-state index contributed by atoms with van der Waals surface area (Å²) in [5.41, 5.74) is 0.224. The van der Waals surface area contributed by atoms with Gasteiger partial charge in [0.25, 0.3) is 6.01 Å². The van der Waals surface area contributed by atoms with Crippen molar-refractivity contribution in [3.8, 4) is 0 Å². The van der Waals surface area contributed by atoms with Gasteiger partial charge in [0.2, 0.25) is 0 Å². The molecular weight excluding hydrogens is 220 g/mol. The van der Waals surface area contributed by atoms with E-state index in [0.29, 0.717) is 18.7 Å². The second-order valence-electron chi connectivity index (χ2n) is 4.29. The lowest BCUT2D eigenvalue weighted by Crippen LogP contribution is -2.07. The fourth-order valence-corrected chi connectivity index (χ4v) is 1.91. The number of hydrogen-bond acceptors (Lipinski definition) is 5. The molecular formula is C12H18N2O3. The van der Waals surface area contributed by atoms with Crippen LogP contribution in [-0.2, 0) is 4.74 Å². The summed E-state index contributed by atoms with van der Waals surface area (Å²) in [6, 6.07) is 0.861. The van der Waals surface area contributed by atoms with Gasteiger partial charge in [-0.05, 0) is 25.7 Å². The van der Waals surface area contributed by atoms with Gasteiger partial charge in [0.15, 0.2) is 5.69 Å². The lowest BCUT2D eigenvalue weighted by atomic mass is 10.2. The lowest BCUT2D eigenvalue weighted by Gasteiger charge is -1.99. The number of aromatic nitrogens is 1. The molecule has 0 amide bonds. The average molecular weight is 238 g/mol. The first-order valence-electron chi connectivity index (χ1n) is 6.13. The third-order valence-electron chi connectivity index (χ3n) is 2.88. The van der Waals surface area contributed by atoms with E-state index in [1.807, 2.05) is 0 Å². The van der Waals surface area contributed by atoms with Gasteiger partial charge in [0.1, 0.15) is 6.26 Å². The summed E-state index contributed by atoms with van der Waals surface area (Å²) in [5, 5.41) is 3.18. The number of carbonyl (C=O) groups excluding carboxylic acids is 1. The van der Waals surface area contributed by atoms with Crippen LogP contribution >= 0.6 is 0 Å². The molecule has 1 heterocycles. The Balaban J connectivity index is 1.85. The number of hydrogen-bond donors (Lipinski definition) is 1. The van der Waals surface area contributed by atoms with Gasteiger partial charge in [-0.3, -0.25) is 0 Å². The van der Waals surface area contributed by atoms with Crippen LogP contribution in [0.2, 0.25) is 0 Å². The molecule has 17 heavy (non-hydrogen) atoms. The molecule has 5 heteroatoms. The van der Waals surface area contributed by atoms with E-state index in [-0.39, 0.29) is 5.69 Å². The Morgan fingerprint density at radius 2 is 2.47 bits per heavy atom. The molecule has 94 valence electrons. The highest BCUT2D eigenvalue weighted by Gasteiger charge is 2.37. The minimum absolute atomic E-state index is 0.224. The van der Waals surface area contributed by atoms with Crippen molar-refractivity contribution in [3.63, 3.8) is 0 Å². The topological polar surface area (TPSA) is 64.4 Å². The van der Waals surface area contributed by atoms with E-state index >= 15 is 0 Å². The van der Waals surface area contributed by atoms with E-state index in [4.69, 9.17) is 9.15 Å². The lowest BCUT2D eigenvalue weighted by molar-refractivity contribution is 0.0519. The fourth-order valence-electron chi connectivity index (χ4n) is 1.91. The van der Waals surface area contributed by atoms with Crippen molar-refractivity contribution >= 4 is 12.0 Å². The summed E-state index contributed by atoms with van der Waals surface area (Å²) in [7, 11) is 0. The standard InChI is InChI=1S/C12H18N2O3/c1-3-5-8-6-9(8)13-12-14-10(7-17-12)11(15)16-4-2/h7-9H,3-6H2,1-2H3,(H,13,14). The second kappa shape index (κ2) is 5.21. The van der Waals surface area contributed by atoms with Crippen LogP contribution in [0.3, 0.4) is 0 Å². The van der Waals surface area contributed by atoms with E-state index in [0.717, 1.165) is 12.3 Å². The highest BCUT2D eigenvalue weighted by Crippen LogP contribution is 2.36. The summed E-state index contributed by atoms with van der Waals surface area (Å²) in [6.07, 6.45) is 4.91. The largest absolute Gasteiger partial charge is 0.461 e. The van der Waals surface area contributed by atoms with E-state index in [1.165, 1.54) is 19.1 Å². The van der Waals surface area contributed by atoms with Crippen LogP contribution < -0.4 is 5.32 Å². The molecule has 5 nitrogen and oxygen atoms in total. The molecule has 1 saturated carbocycles. The summed E-state index contributed by atoms with van der Waals surface area (Å²) in [5.74, 6) is 0.281. The van der Waals surface area contributed by atoms with Crippen LogP contribution in [0, 0.1) is 5.92 Å². The number of ether oxygens (including phenoxy) is 1. The van der Waals surface area contributed by atoms with Crippen molar-refractivity contribution in [1.82, 2.24) is 4.98 Å². The number of oxazole rings is 1. The van der Waals surface area contributed by atoms with Gasteiger partial charge in [0.05, 0.1) is 6.61 Å². The van der Waals surface area contributed by atoms with Crippen LogP contribution in [0.4, 0.5) is 6.01 Å². The first-order chi connectivity index (χ1) is 8.24. The van der Waals surface area contributed by atoms with Crippen LogP contribution in [0.25, 0.3) is 0 Å². The minimum atomic E-state index is -0.440. The van der Waals surface area contributed by atoms with Crippen LogP contribution in [-0.4, -0.2) is 23.6 Å². The van der Waals surface area contributed by atoms with E-state index in [2.05, 4.69) is 17.2 Å². The summed E-state index contributed by atoms with van der Waals surface area (Å²) in [6.45, 7) is 4.28. The van der Waals surface area contributed by atoms with Gasteiger partial charge < -0.3 is 14.5 Å². The molecule has 1 aromatic rings. The zero-order chi connectivity index (χ0) is 12.3. The Bertz CT molecular complexity index is 389. The molecule has 0 aliphatic heterocycles.